The standard InChI is InChI=1S/C34H31NO4/c36-21-24-10-12-25(13-11-24)22-38-33-19-28(18-32(39-33)34(37)35-20-23-6-2-1-3-7-23)26-14-15-31-29(16-26)17-27-8-4-5-9-30(27)31/h1-16,18,28,33,36H,17,19-22H2,(H,35,37)/t28-,33+/m0/s1. The molecule has 4 aromatic rings. The Balaban J connectivity index is 1.22. The number of aliphatic hydroxyl groups excluding tert-OH is 1. The van der Waals surface area contributed by atoms with Gasteiger partial charge in [-0.3, -0.25) is 4.79 Å². The maximum Gasteiger partial charge on any atom is 0.286 e. The van der Waals surface area contributed by atoms with Gasteiger partial charge in [-0.05, 0) is 57.0 Å². The number of nitrogens with one attached hydrogen (secondary N) is 1. The van der Waals surface area contributed by atoms with Gasteiger partial charge in [-0.2, -0.15) is 0 Å². The van der Waals surface area contributed by atoms with Crippen molar-refractivity contribution in [1.29, 1.82) is 0 Å². The summed E-state index contributed by atoms with van der Waals surface area (Å²) in [5, 5.41) is 12.3. The summed E-state index contributed by atoms with van der Waals surface area (Å²) in [6.45, 7) is 0.777. The summed E-state index contributed by atoms with van der Waals surface area (Å²) in [7, 11) is 0. The minimum Gasteiger partial charge on any atom is -0.459 e. The molecule has 2 atom stereocenters. The van der Waals surface area contributed by atoms with Gasteiger partial charge >= 0.3 is 0 Å². The van der Waals surface area contributed by atoms with Gasteiger partial charge < -0.3 is 19.9 Å². The smallest absolute Gasteiger partial charge is 0.286 e. The maximum absolute atomic E-state index is 13.2. The van der Waals surface area contributed by atoms with Crippen LogP contribution >= 0.6 is 0 Å². The summed E-state index contributed by atoms with van der Waals surface area (Å²) in [6, 6.07) is 32.7. The zero-order valence-electron chi connectivity index (χ0n) is 21.7. The average Bonchev–Trinajstić information content (AvgIpc) is 3.37. The summed E-state index contributed by atoms with van der Waals surface area (Å²) in [5.74, 6) is 0.0108. The fourth-order valence-corrected chi connectivity index (χ4v) is 5.34. The van der Waals surface area contributed by atoms with Crippen molar-refractivity contribution < 1.29 is 19.4 Å². The molecule has 4 aromatic carbocycles. The van der Waals surface area contributed by atoms with Crippen LogP contribution in [0.3, 0.4) is 0 Å². The molecular weight excluding hydrogens is 486 g/mol. The molecule has 39 heavy (non-hydrogen) atoms. The third kappa shape index (κ3) is 5.65. The number of amides is 1. The van der Waals surface area contributed by atoms with Crippen LogP contribution in [0.25, 0.3) is 11.1 Å². The predicted molar refractivity (Wildman–Crippen MR) is 150 cm³/mol. The minimum atomic E-state index is -0.569. The number of carbonyl (C=O) groups is 1. The fraction of sp³-hybridized carbons (Fsp3) is 0.206. The second-order valence-electron chi connectivity index (χ2n) is 10.1. The molecule has 1 aliphatic heterocycles. The fourth-order valence-electron chi connectivity index (χ4n) is 5.34. The zero-order chi connectivity index (χ0) is 26.6. The van der Waals surface area contributed by atoms with Gasteiger partial charge in [-0.25, -0.2) is 0 Å². The first-order valence-corrected chi connectivity index (χ1v) is 13.4. The van der Waals surface area contributed by atoms with Crippen LogP contribution in [-0.4, -0.2) is 17.3 Å². The number of hydrogen-bond donors (Lipinski definition) is 2. The highest BCUT2D eigenvalue weighted by Gasteiger charge is 2.30. The number of hydrogen-bond acceptors (Lipinski definition) is 4. The van der Waals surface area contributed by atoms with Gasteiger partial charge in [0.2, 0.25) is 6.29 Å². The molecule has 1 amide bonds. The first-order chi connectivity index (χ1) is 19.2. The van der Waals surface area contributed by atoms with E-state index in [9.17, 15) is 9.90 Å². The molecule has 0 saturated carbocycles. The highest BCUT2D eigenvalue weighted by atomic mass is 16.7. The lowest BCUT2D eigenvalue weighted by Crippen LogP contribution is -2.32. The van der Waals surface area contributed by atoms with Crippen molar-refractivity contribution in [2.45, 2.75) is 44.8 Å². The second-order valence-corrected chi connectivity index (χ2v) is 10.1. The highest BCUT2D eigenvalue weighted by Crippen LogP contribution is 2.40. The normalized spacial score (nSPS) is 17.5. The van der Waals surface area contributed by atoms with Crippen LogP contribution in [0.1, 0.15) is 45.7 Å². The van der Waals surface area contributed by atoms with Crippen LogP contribution in [0.2, 0.25) is 0 Å². The van der Waals surface area contributed by atoms with Crippen molar-refractivity contribution in [3.63, 3.8) is 0 Å². The molecule has 0 saturated heterocycles. The Hall–Kier alpha value is -4.19. The lowest BCUT2D eigenvalue weighted by Gasteiger charge is -2.29. The number of carbonyl (C=O) groups excluding carboxylic acids is 1. The van der Waals surface area contributed by atoms with E-state index < -0.39 is 6.29 Å². The third-order valence-corrected chi connectivity index (χ3v) is 7.46. The van der Waals surface area contributed by atoms with Crippen molar-refractivity contribution in [3.8, 4) is 11.1 Å². The van der Waals surface area contributed by atoms with Crippen molar-refractivity contribution in [1.82, 2.24) is 5.32 Å². The number of aliphatic hydroxyl groups is 1. The van der Waals surface area contributed by atoms with Gasteiger partial charge in [0.05, 0.1) is 13.2 Å². The molecule has 0 fully saturated rings. The molecule has 1 aliphatic carbocycles. The Morgan fingerprint density at radius 3 is 2.41 bits per heavy atom. The Kier molecular flexibility index (Phi) is 7.26. The van der Waals surface area contributed by atoms with E-state index in [0.717, 1.165) is 28.7 Å². The largest absolute Gasteiger partial charge is 0.459 e. The Morgan fingerprint density at radius 1 is 0.846 bits per heavy atom. The summed E-state index contributed by atoms with van der Waals surface area (Å²) >= 11 is 0. The zero-order valence-corrected chi connectivity index (χ0v) is 21.7. The van der Waals surface area contributed by atoms with Crippen LogP contribution in [0, 0.1) is 0 Å². The monoisotopic (exact) mass is 517 g/mol. The number of rotatable bonds is 8. The molecule has 0 bridgehead atoms. The highest BCUT2D eigenvalue weighted by molar-refractivity contribution is 5.91. The van der Waals surface area contributed by atoms with Gasteiger partial charge in [-0.15, -0.1) is 0 Å². The summed E-state index contributed by atoms with van der Waals surface area (Å²) in [5.41, 5.74) is 9.25. The molecule has 6 rings (SSSR count). The van der Waals surface area contributed by atoms with Gasteiger partial charge in [0.15, 0.2) is 5.76 Å². The quantitative estimate of drug-likeness (QED) is 0.265. The summed E-state index contributed by atoms with van der Waals surface area (Å²) < 4.78 is 12.3. The maximum atomic E-state index is 13.2. The number of ether oxygens (including phenoxy) is 2. The van der Waals surface area contributed by atoms with E-state index in [1.54, 1.807) is 0 Å². The van der Waals surface area contributed by atoms with E-state index in [0.29, 0.717) is 19.6 Å². The van der Waals surface area contributed by atoms with Crippen LogP contribution in [0.5, 0.6) is 0 Å². The topological polar surface area (TPSA) is 67.8 Å². The van der Waals surface area contributed by atoms with E-state index in [2.05, 4.69) is 47.8 Å². The van der Waals surface area contributed by atoms with Crippen molar-refractivity contribution in [2.75, 3.05) is 0 Å². The Bertz CT molecular complexity index is 1490. The Morgan fingerprint density at radius 2 is 1.59 bits per heavy atom. The molecule has 0 spiro atoms. The molecule has 0 radical (unpaired) electrons. The lowest BCUT2D eigenvalue weighted by atomic mass is 9.90. The first kappa shape index (κ1) is 25.1. The van der Waals surface area contributed by atoms with Crippen LogP contribution < -0.4 is 5.32 Å². The van der Waals surface area contributed by atoms with Crippen molar-refractivity contribution in [3.05, 3.63) is 142 Å². The average molecular weight is 518 g/mol. The van der Waals surface area contributed by atoms with Crippen LogP contribution in [-0.2, 0) is 40.4 Å². The second kappa shape index (κ2) is 11.3. The van der Waals surface area contributed by atoms with E-state index in [1.165, 1.54) is 22.3 Å². The van der Waals surface area contributed by atoms with Crippen molar-refractivity contribution in [2.24, 2.45) is 0 Å². The van der Waals surface area contributed by atoms with E-state index in [-0.39, 0.29) is 24.2 Å². The van der Waals surface area contributed by atoms with Crippen LogP contribution in [0.4, 0.5) is 0 Å². The molecule has 1 heterocycles. The van der Waals surface area contributed by atoms with Gasteiger partial charge in [0.25, 0.3) is 5.91 Å². The molecule has 5 heteroatoms. The van der Waals surface area contributed by atoms with Gasteiger partial charge in [0, 0.05) is 18.9 Å². The molecule has 2 N–H and O–H groups in total. The molecule has 0 unspecified atom stereocenters. The van der Waals surface area contributed by atoms with Crippen LogP contribution in [0.15, 0.2) is 109 Å². The number of allylic oxidation sites excluding steroid dienone is 1. The Labute approximate surface area is 228 Å². The molecule has 2 aliphatic rings. The minimum absolute atomic E-state index is 0.00661. The number of fused-ring (bicyclic) bond motifs is 3. The first-order valence-electron chi connectivity index (χ1n) is 13.4. The molecule has 0 aromatic heterocycles. The van der Waals surface area contributed by atoms with Gasteiger partial charge in [-0.1, -0.05) is 97.1 Å². The van der Waals surface area contributed by atoms with E-state index in [1.807, 2.05) is 60.7 Å². The SMILES string of the molecule is O=C(NCc1ccccc1)C1=C[C@H](c2ccc3c(c2)Cc2ccccc2-3)C[C@H](OCc2ccc(CO)cc2)O1. The lowest BCUT2D eigenvalue weighted by molar-refractivity contribution is -0.150. The van der Waals surface area contributed by atoms with Crippen molar-refractivity contribution >= 4 is 5.91 Å². The summed E-state index contributed by atoms with van der Waals surface area (Å²) in [6.07, 6.45) is 2.89. The predicted octanol–water partition coefficient (Wildman–Crippen LogP) is 6.00. The summed E-state index contributed by atoms with van der Waals surface area (Å²) in [4.78, 5) is 13.2. The number of benzene rings is 4. The molecular formula is C34H31NO4. The van der Waals surface area contributed by atoms with E-state index >= 15 is 0 Å². The molecule has 196 valence electrons. The molecule has 5 nitrogen and oxygen atoms in total. The third-order valence-electron chi connectivity index (χ3n) is 7.46. The van der Waals surface area contributed by atoms with E-state index in [4.69, 9.17) is 9.47 Å². The van der Waals surface area contributed by atoms with Gasteiger partial charge in [0.1, 0.15) is 0 Å².